The third-order valence-corrected chi connectivity index (χ3v) is 4.87. The molecule has 144 valence electrons. The van der Waals surface area contributed by atoms with E-state index in [9.17, 15) is 9.59 Å². The molecule has 0 amide bonds. The summed E-state index contributed by atoms with van der Waals surface area (Å²) in [5.41, 5.74) is 1.18. The summed E-state index contributed by atoms with van der Waals surface area (Å²) in [5.74, 6) is 0.0146. The Morgan fingerprint density at radius 3 is 2.68 bits per heavy atom. The van der Waals surface area contributed by atoms with Gasteiger partial charge in [-0.3, -0.25) is 4.79 Å². The Morgan fingerprint density at radius 1 is 1.18 bits per heavy atom. The summed E-state index contributed by atoms with van der Waals surface area (Å²) in [4.78, 5) is 32.0. The Kier molecular flexibility index (Phi) is 5.02. The van der Waals surface area contributed by atoms with Gasteiger partial charge in [-0.2, -0.15) is 0 Å². The molecular formula is C20H18ClN3O4. The van der Waals surface area contributed by atoms with Crippen LogP contribution in [0.4, 0.5) is 5.95 Å². The van der Waals surface area contributed by atoms with Crippen LogP contribution in [0.3, 0.4) is 0 Å². The van der Waals surface area contributed by atoms with Gasteiger partial charge in [0, 0.05) is 18.1 Å². The van der Waals surface area contributed by atoms with E-state index in [1.54, 1.807) is 41.0 Å². The Balaban J connectivity index is 1.98. The molecule has 2 aromatic carbocycles. The number of morpholine rings is 1. The van der Waals surface area contributed by atoms with Gasteiger partial charge >= 0.3 is 5.97 Å². The Labute approximate surface area is 166 Å². The number of hydrogen-bond acceptors (Lipinski definition) is 6. The third-order valence-electron chi connectivity index (χ3n) is 4.63. The van der Waals surface area contributed by atoms with Gasteiger partial charge in [-0.05, 0) is 36.4 Å². The maximum atomic E-state index is 13.4. The fourth-order valence-electron chi connectivity index (χ4n) is 3.24. The molecule has 0 aliphatic carbocycles. The molecule has 7 nitrogen and oxygen atoms in total. The van der Waals surface area contributed by atoms with Crippen molar-refractivity contribution < 1.29 is 14.3 Å². The number of aromatic nitrogens is 2. The Bertz CT molecular complexity index is 1110. The summed E-state index contributed by atoms with van der Waals surface area (Å²) < 4.78 is 11.8. The smallest absolute Gasteiger partial charge is 0.337 e. The van der Waals surface area contributed by atoms with E-state index in [-0.39, 0.29) is 5.56 Å². The average Bonchev–Trinajstić information content (AvgIpc) is 2.73. The summed E-state index contributed by atoms with van der Waals surface area (Å²) in [6.07, 6.45) is 0. The van der Waals surface area contributed by atoms with Crippen LogP contribution in [0.1, 0.15) is 10.4 Å². The van der Waals surface area contributed by atoms with E-state index in [2.05, 4.69) is 0 Å². The number of nitrogens with zero attached hydrogens (tertiary/aromatic N) is 3. The maximum absolute atomic E-state index is 13.4. The van der Waals surface area contributed by atoms with Crippen LogP contribution in [0.5, 0.6) is 0 Å². The molecule has 0 unspecified atom stereocenters. The second kappa shape index (κ2) is 7.61. The molecular weight excluding hydrogens is 382 g/mol. The largest absolute Gasteiger partial charge is 0.465 e. The first-order chi connectivity index (χ1) is 13.6. The summed E-state index contributed by atoms with van der Waals surface area (Å²) in [6.45, 7) is 2.31. The minimum Gasteiger partial charge on any atom is -0.465 e. The third kappa shape index (κ3) is 3.34. The predicted molar refractivity (Wildman–Crippen MR) is 107 cm³/mol. The number of carbonyl (C=O) groups excluding carboxylic acids is 1. The zero-order valence-electron chi connectivity index (χ0n) is 15.2. The van der Waals surface area contributed by atoms with E-state index in [4.69, 9.17) is 26.1 Å². The minimum atomic E-state index is -0.476. The lowest BCUT2D eigenvalue weighted by molar-refractivity contribution is 0.0601. The number of hydrogen-bond donors (Lipinski definition) is 0. The van der Waals surface area contributed by atoms with Crippen molar-refractivity contribution in [1.82, 2.24) is 9.55 Å². The van der Waals surface area contributed by atoms with Crippen molar-refractivity contribution in [3.8, 4) is 5.69 Å². The van der Waals surface area contributed by atoms with Crippen LogP contribution >= 0.6 is 11.6 Å². The minimum absolute atomic E-state index is 0.231. The van der Waals surface area contributed by atoms with Crippen LogP contribution in [-0.2, 0) is 9.47 Å². The lowest BCUT2D eigenvalue weighted by Crippen LogP contribution is -2.40. The molecule has 1 aromatic heterocycles. The summed E-state index contributed by atoms with van der Waals surface area (Å²) >= 11 is 6.15. The SMILES string of the molecule is COC(=O)c1ccc2c(=O)n(-c3cccc(Cl)c3)c(N3CCOCC3)nc2c1. The normalized spacial score (nSPS) is 14.3. The highest BCUT2D eigenvalue weighted by molar-refractivity contribution is 6.30. The molecule has 1 aliphatic rings. The number of ether oxygens (including phenoxy) is 2. The van der Waals surface area contributed by atoms with Gasteiger partial charge in [-0.15, -0.1) is 0 Å². The Morgan fingerprint density at radius 2 is 1.96 bits per heavy atom. The predicted octanol–water partition coefficient (Wildman–Crippen LogP) is 2.66. The van der Waals surface area contributed by atoms with E-state index in [1.807, 2.05) is 11.0 Å². The average molecular weight is 400 g/mol. The van der Waals surface area contributed by atoms with Crippen LogP contribution < -0.4 is 10.5 Å². The fraction of sp³-hybridized carbons (Fsp3) is 0.250. The lowest BCUT2D eigenvalue weighted by Gasteiger charge is -2.30. The van der Waals surface area contributed by atoms with Crippen molar-refractivity contribution in [3.63, 3.8) is 0 Å². The first-order valence-corrected chi connectivity index (χ1v) is 9.20. The topological polar surface area (TPSA) is 73.7 Å². The number of methoxy groups -OCH3 is 1. The number of anilines is 1. The second-order valence-electron chi connectivity index (χ2n) is 6.36. The number of benzene rings is 2. The van der Waals surface area contributed by atoms with Gasteiger partial charge in [0.2, 0.25) is 5.95 Å². The van der Waals surface area contributed by atoms with Crippen molar-refractivity contribution in [3.05, 3.63) is 63.4 Å². The van der Waals surface area contributed by atoms with Crippen LogP contribution in [0, 0.1) is 0 Å². The molecule has 1 fully saturated rings. The van der Waals surface area contributed by atoms with Gasteiger partial charge < -0.3 is 14.4 Å². The summed E-state index contributed by atoms with van der Waals surface area (Å²) in [6, 6.07) is 11.8. The van der Waals surface area contributed by atoms with Gasteiger partial charge in [-0.1, -0.05) is 17.7 Å². The first kappa shape index (κ1) is 18.5. The quantitative estimate of drug-likeness (QED) is 0.630. The number of carbonyl (C=O) groups is 1. The van der Waals surface area contributed by atoms with Gasteiger partial charge in [0.15, 0.2) is 0 Å². The zero-order valence-corrected chi connectivity index (χ0v) is 16.0. The molecule has 0 spiro atoms. The van der Waals surface area contributed by atoms with E-state index in [0.717, 1.165) is 0 Å². The Hall–Kier alpha value is -2.90. The summed E-state index contributed by atoms with van der Waals surface area (Å²) in [7, 11) is 1.32. The molecule has 0 saturated carbocycles. The molecule has 1 aliphatic heterocycles. The molecule has 3 aromatic rings. The molecule has 0 atom stereocenters. The van der Waals surface area contributed by atoms with Gasteiger partial charge in [0.25, 0.3) is 5.56 Å². The van der Waals surface area contributed by atoms with Crippen LogP contribution in [0.15, 0.2) is 47.3 Å². The highest BCUT2D eigenvalue weighted by Gasteiger charge is 2.21. The van der Waals surface area contributed by atoms with Gasteiger partial charge in [0.05, 0.1) is 42.5 Å². The van der Waals surface area contributed by atoms with Crippen LogP contribution in [0.2, 0.25) is 5.02 Å². The van der Waals surface area contributed by atoms with Crippen molar-refractivity contribution in [1.29, 1.82) is 0 Å². The number of halogens is 1. The maximum Gasteiger partial charge on any atom is 0.337 e. The van der Waals surface area contributed by atoms with E-state index >= 15 is 0 Å². The molecule has 8 heteroatoms. The van der Waals surface area contributed by atoms with Gasteiger partial charge in [-0.25, -0.2) is 14.3 Å². The molecule has 28 heavy (non-hydrogen) atoms. The van der Waals surface area contributed by atoms with Crippen molar-refractivity contribution >= 4 is 34.4 Å². The highest BCUT2D eigenvalue weighted by Crippen LogP contribution is 2.23. The zero-order chi connectivity index (χ0) is 19.7. The number of fused-ring (bicyclic) bond motifs is 1. The number of esters is 1. The van der Waals surface area contributed by atoms with Crippen molar-refractivity contribution in [2.24, 2.45) is 0 Å². The van der Waals surface area contributed by atoms with Crippen molar-refractivity contribution in [2.75, 3.05) is 38.3 Å². The molecule has 0 bridgehead atoms. The highest BCUT2D eigenvalue weighted by atomic mass is 35.5. The number of rotatable bonds is 3. The molecule has 4 rings (SSSR count). The molecule has 0 radical (unpaired) electrons. The van der Waals surface area contributed by atoms with E-state index < -0.39 is 5.97 Å². The first-order valence-electron chi connectivity index (χ1n) is 8.82. The van der Waals surface area contributed by atoms with Crippen LogP contribution in [-0.4, -0.2) is 48.9 Å². The van der Waals surface area contributed by atoms with Gasteiger partial charge in [0.1, 0.15) is 0 Å². The standard InChI is InChI=1S/C20H18ClN3O4/c1-27-19(26)13-5-6-16-17(11-13)22-20(23-7-9-28-10-8-23)24(18(16)25)15-4-2-3-14(21)12-15/h2-6,11-12H,7-10H2,1H3. The monoisotopic (exact) mass is 399 g/mol. The van der Waals surface area contributed by atoms with Crippen LogP contribution in [0.25, 0.3) is 16.6 Å². The summed E-state index contributed by atoms with van der Waals surface area (Å²) in [5, 5.41) is 0.933. The van der Waals surface area contributed by atoms with E-state index in [1.165, 1.54) is 7.11 Å². The fourth-order valence-corrected chi connectivity index (χ4v) is 3.43. The lowest BCUT2D eigenvalue weighted by atomic mass is 10.1. The van der Waals surface area contributed by atoms with E-state index in [0.29, 0.717) is 59.4 Å². The molecule has 2 heterocycles. The molecule has 1 saturated heterocycles. The van der Waals surface area contributed by atoms with Crippen molar-refractivity contribution in [2.45, 2.75) is 0 Å². The second-order valence-corrected chi connectivity index (χ2v) is 6.79. The molecule has 0 N–H and O–H groups in total.